The molecule has 0 radical (unpaired) electrons. The second kappa shape index (κ2) is 2.54. The van der Waals surface area contributed by atoms with Gasteiger partial charge in [0.25, 0.3) is 10.9 Å². The minimum atomic E-state index is -0.430. The van der Waals surface area contributed by atoms with E-state index < -0.39 is 10.9 Å². The van der Waals surface area contributed by atoms with Crippen LogP contribution in [-0.2, 0) is 0 Å². The lowest BCUT2D eigenvalue weighted by atomic mass is 10.2. The molecule has 0 bridgehead atoms. The fourth-order valence-electron chi connectivity index (χ4n) is 1.42. The smallest absolute Gasteiger partial charge is 0.254 e. The summed E-state index contributed by atoms with van der Waals surface area (Å²) in [7, 11) is 3.42. The molecule has 1 heterocycles. The van der Waals surface area contributed by atoms with Crippen molar-refractivity contribution in [2.75, 3.05) is 30.8 Å². The predicted octanol–water partition coefficient (Wildman–Crippen LogP) is -1.86. The Bertz CT molecular complexity index is 369. The van der Waals surface area contributed by atoms with Crippen LogP contribution in [0.2, 0.25) is 0 Å². The third kappa shape index (κ3) is 0.958. The minimum Gasteiger partial charge on any atom is -0.304 e. The highest BCUT2D eigenvalue weighted by Crippen LogP contribution is 2.20. The van der Waals surface area contributed by atoms with E-state index in [2.05, 4.69) is 10.9 Å². The van der Waals surface area contributed by atoms with Crippen LogP contribution in [-0.4, -0.2) is 20.8 Å². The average molecular weight is 182 g/mol. The van der Waals surface area contributed by atoms with E-state index >= 15 is 0 Å². The highest BCUT2D eigenvalue weighted by molar-refractivity contribution is 5.75. The zero-order chi connectivity index (χ0) is 9.59. The molecule has 0 saturated carbocycles. The second-order valence-electron chi connectivity index (χ2n) is 2.97. The van der Waals surface area contributed by atoms with Gasteiger partial charge in [0, 0.05) is 14.1 Å². The molecule has 0 unspecified atom stereocenters. The highest BCUT2D eigenvalue weighted by Gasteiger charge is 2.28. The molecule has 2 rings (SSSR count). The van der Waals surface area contributed by atoms with E-state index in [0.29, 0.717) is 18.0 Å². The normalized spacial score (nSPS) is 17.4. The van der Waals surface area contributed by atoms with Gasteiger partial charge < -0.3 is 10.0 Å². The third-order valence-corrected chi connectivity index (χ3v) is 2.16. The van der Waals surface area contributed by atoms with Crippen molar-refractivity contribution in [3.8, 4) is 0 Å². The Labute approximate surface area is 74.4 Å². The van der Waals surface area contributed by atoms with E-state index in [1.54, 1.807) is 24.1 Å². The van der Waals surface area contributed by atoms with Crippen LogP contribution in [0.4, 0.5) is 11.4 Å². The first-order valence-electron chi connectivity index (χ1n) is 3.90. The van der Waals surface area contributed by atoms with Crippen LogP contribution in [0.3, 0.4) is 0 Å². The Morgan fingerprint density at radius 2 is 1.38 bits per heavy atom. The van der Waals surface area contributed by atoms with Gasteiger partial charge in [-0.15, -0.1) is 0 Å². The van der Waals surface area contributed by atoms with Crippen LogP contribution in [0.25, 0.3) is 0 Å². The van der Waals surface area contributed by atoms with Gasteiger partial charge in [0.05, 0.1) is 6.67 Å². The lowest BCUT2D eigenvalue weighted by Crippen LogP contribution is -2.45. The van der Waals surface area contributed by atoms with Gasteiger partial charge >= 0.3 is 0 Å². The number of nitrogens with zero attached hydrogens (tertiary/aromatic N) is 2. The van der Waals surface area contributed by atoms with Gasteiger partial charge in [-0.05, 0) is 0 Å². The monoisotopic (exact) mass is 182 g/mol. The molecule has 0 amide bonds. The molecule has 0 saturated heterocycles. The summed E-state index contributed by atoms with van der Waals surface area (Å²) in [6.07, 6.45) is 0. The van der Waals surface area contributed by atoms with Crippen LogP contribution in [0.5, 0.6) is 0 Å². The number of hydrazine groups is 2. The Hall–Kier alpha value is -1.40. The fourth-order valence-corrected chi connectivity index (χ4v) is 1.42. The number of rotatable bonds is 0. The summed E-state index contributed by atoms with van der Waals surface area (Å²) >= 11 is 0. The molecule has 70 valence electrons. The third-order valence-electron chi connectivity index (χ3n) is 2.16. The SMILES string of the molecule is CN1NCNN(C)c2c1c(=O)c2=O. The molecule has 1 aromatic carbocycles. The van der Waals surface area contributed by atoms with Crippen molar-refractivity contribution < 1.29 is 0 Å². The Morgan fingerprint density at radius 3 is 1.77 bits per heavy atom. The van der Waals surface area contributed by atoms with E-state index in [-0.39, 0.29) is 0 Å². The zero-order valence-electron chi connectivity index (χ0n) is 7.42. The maximum atomic E-state index is 11.2. The van der Waals surface area contributed by atoms with E-state index in [1.807, 2.05) is 0 Å². The summed E-state index contributed by atoms with van der Waals surface area (Å²) in [6, 6.07) is 0. The second-order valence-corrected chi connectivity index (χ2v) is 2.97. The molecule has 1 aliphatic rings. The van der Waals surface area contributed by atoms with E-state index in [4.69, 9.17) is 0 Å². The number of nitrogens with one attached hydrogen (secondary N) is 2. The van der Waals surface area contributed by atoms with Gasteiger partial charge in [-0.25, -0.2) is 10.9 Å². The number of anilines is 2. The fraction of sp³-hybridized carbons (Fsp3) is 0.429. The molecule has 0 aliphatic carbocycles. The average Bonchev–Trinajstić information content (AvgIpc) is 2.23. The first-order chi connectivity index (χ1) is 6.13. The van der Waals surface area contributed by atoms with Crippen LogP contribution < -0.4 is 31.7 Å². The van der Waals surface area contributed by atoms with Crippen molar-refractivity contribution >= 4 is 11.4 Å². The molecule has 1 aliphatic heterocycles. The molecular formula is C7H10N4O2. The molecule has 1 aromatic rings. The van der Waals surface area contributed by atoms with Gasteiger partial charge in [-0.3, -0.25) is 9.59 Å². The highest BCUT2D eigenvalue weighted by atomic mass is 16.2. The predicted molar refractivity (Wildman–Crippen MR) is 49.3 cm³/mol. The standard InChI is InChI=1S/C7H10N4O2/c1-10-4-5(7(13)6(4)12)11(2)9-3-8-10/h8-9H,3H2,1-2H3. The van der Waals surface area contributed by atoms with Crippen molar-refractivity contribution in [3.63, 3.8) is 0 Å². The van der Waals surface area contributed by atoms with Crippen LogP contribution in [0.15, 0.2) is 9.59 Å². The Morgan fingerprint density at radius 1 is 1.00 bits per heavy atom. The maximum absolute atomic E-state index is 11.2. The van der Waals surface area contributed by atoms with Gasteiger partial charge in [0.1, 0.15) is 11.4 Å². The summed E-state index contributed by atoms with van der Waals surface area (Å²) in [5.41, 5.74) is 5.81. The topological polar surface area (TPSA) is 64.7 Å². The summed E-state index contributed by atoms with van der Waals surface area (Å²) < 4.78 is 0. The summed E-state index contributed by atoms with van der Waals surface area (Å²) in [6.45, 7) is 0.487. The van der Waals surface area contributed by atoms with Crippen molar-refractivity contribution in [1.29, 1.82) is 0 Å². The number of hydrogen-bond acceptors (Lipinski definition) is 6. The molecule has 0 fully saturated rings. The van der Waals surface area contributed by atoms with Gasteiger partial charge in [-0.2, -0.15) is 0 Å². The lowest BCUT2D eigenvalue weighted by molar-refractivity contribution is 0.592. The van der Waals surface area contributed by atoms with E-state index in [1.165, 1.54) is 0 Å². The molecule has 6 heteroatoms. The van der Waals surface area contributed by atoms with Crippen LogP contribution in [0.1, 0.15) is 0 Å². The zero-order valence-corrected chi connectivity index (χ0v) is 7.42. The van der Waals surface area contributed by atoms with Crippen molar-refractivity contribution in [2.24, 2.45) is 0 Å². The molecular weight excluding hydrogens is 172 g/mol. The first-order valence-corrected chi connectivity index (χ1v) is 3.90. The summed E-state index contributed by atoms with van der Waals surface area (Å²) in [5, 5.41) is 3.13. The maximum Gasteiger partial charge on any atom is 0.254 e. The van der Waals surface area contributed by atoms with Crippen LogP contribution >= 0.6 is 0 Å². The Kier molecular flexibility index (Phi) is 1.61. The molecule has 13 heavy (non-hydrogen) atoms. The van der Waals surface area contributed by atoms with Crippen LogP contribution in [0, 0.1) is 0 Å². The van der Waals surface area contributed by atoms with Gasteiger partial charge in [0.2, 0.25) is 0 Å². The summed E-state index contributed by atoms with van der Waals surface area (Å²) in [4.78, 5) is 22.3. The van der Waals surface area contributed by atoms with Crippen molar-refractivity contribution in [3.05, 3.63) is 20.4 Å². The van der Waals surface area contributed by atoms with Crippen molar-refractivity contribution in [2.45, 2.75) is 0 Å². The van der Waals surface area contributed by atoms with Crippen molar-refractivity contribution in [1.82, 2.24) is 10.9 Å². The number of hydrogen-bond donors (Lipinski definition) is 2. The molecule has 6 nitrogen and oxygen atoms in total. The lowest BCUT2D eigenvalue weighted by Gasteiger charge is -2.21. The summed E-state index contributed by atoms with van der Waals surface area (Å²) in [5.74, 6) is 0. The molecule has 0 atom stereocenters. The first kappa shape index (κ1) is 8.21. The minimum absolute atomic E-state index is 0.428. The quantitative estimate of drug-likeness (QED) is 0.458. The Balaban J connectivity index is 2.54. The van der Waals surface area contributed by atoms with E-state index in [0.717, 1.165) is 0 Å². The largest absolute Gasteiger partial charge is 0.304 e. The van der Waals surface area contributed by atoms with E-state index in [9.17, 15) is 9.59 Å². The molecule has 0 aromatic heterocycles. The molecule has 0 spiro atoms. The van der Waals surface area contributed by atoms with Gasteiger partial charge in [-0.1, -0.05) is 0 Å². The van der Waals surface area contributed by atoms with Gasteiger partial charge in [0.15, 0.2) is 0 Å². The number of fused-ring (bicyclic) bond motifs is 1. The molecule has 2 N–H and O–H groups in total.